The highest BCUT2D eigenvalue weighted by atomic mass is 16.7. The van der Waals surface area contributed by atoms with Crippen molar-refractivity contribution >= 4 is 5.91 Å². The normalized spacial score (nSPS) is 20.2. The van der Waals surface area contributed by atoms with E-state index in [0.29, 0.717) is 0 Å². The fourth-order valence-electron chi connectivity index (χ4n) is 2.58. The predicted molar refractivity (Wildman–Crippen MR) is 74.3 cm³/mol. The van der Waals surface area contributed by atoms with Crippen molar-refractivity contribution in [2.24, 2.45) is 0 Å². The lowest BCUT2D eigenvalue weighted by Gasteiger charge is -2.36. The molecule has 2 rings (SSSR count). The number of nitrogens with zero attached hydrogens (tertiary/aromatic N) is 2. The van der Waals surface area contributed by atoms with Crippen LogP contribution < -0.4 is 0 Å². The number of likely N-dealkylation sites (N-methyl/N-ethyl adjacent to an activating group) is 1. The van der Waals surface area contributed by atoms with Crippen LogP contribution in [-0.2, 0) is 16.2 Å². The Labute approximate surface area is 114 Å². The maximum atomic E-state index is 12.3. The lowest BCUT2D eigenvalue weighted by Crippen LogP contribution is -2.49. The van der Waals surface area contributed by atoms with Crippen molar-refractivity contribution in [3.05, 3.63) is 35.9 Å². The van der Waals surface area contributed by atoms with Gasteiger partial charge in [-0.25, -0.2) is 5.06 Å². The van der Waals surface area contributed by atoms with Gasteiger partial charge in [-0.2, -0.15) is 0 Å². The SMILES string of the molecule is CON(C)C(=O)[C@@H]1CCCCN1Cc1ccccc1. The number of carbonyl (C=O) groups is 1. The fourth-order valence-corrected chi connectivity index (χ4v) is 2.58. The van der Waals surface area contributed by atoms with Crippen molar-refractivity contribution in [2.75, 3.05) is 20.7 Å². The van der Waals surface area contributed by atoms with E-state index in [4.69, 9.17) is 4.84 Å². The highest BCUT2D eigenvalue weighted by Gasteiger charge is 2.30. The molecule has 0 aromatic heterocycles. The summed E-state index contributed by atoms with van der Waals surface area (Å²) in [7, 11) is 3.21. The summed E-state index contributed by atoms with van der Waals surface area (Å²) < 4.78 is 0. The van der Waals surface area contributed by atoms with E-state index in [2.05, 4.69) is 17.0 Å². The van der Waals surface area contributed by atoms with Crippen LogP contribution >= 0.6 is 0 Å². The van der Waals surface area contributed by atoms with Gasteiger partial charge >= 0.3 is 0 Å². The summed E-state index contributed by atoms with van der Waals surface area (Å²) in [5, 5.41) is 1.34. The van der Waals surface area contributed by atoms with Crippen molar-refractivity contribution in [1.29, 1.82) is 0 Å². The van der Waals surface area contributed by atoms with Crippen molar-refractivity contribution in [3.8, 4) is 0 Å². The highest BCUT2D eigenvalue weighted by Crippen LogP contribution is 2.21. The quantitative estimate of drug-likeness (QED) is 0.779. The monoisotopic (exact) mass is 262 g/mol. The minimum Gasteiger partial charge on any atom is -0.288 e. The number of hydrogen-bond acceptors (Lipinski definition) is 3. The van der Waals surface area contributed by atoms with Crippen LogP contribution in [0.4, 0.5) is 0 Å². The molecule has 1 saturated heterocycles. The molecular weight excluding hydrogens is 240 g/mol. The summed E-state index contributed by atoms with van der Waals surface area (Å²) >= 11 is 0. The Hall–Kier alpha value is -1.39. The first-order valence-corrected chi connectivity index (χ1v) is 6.82. The number of likely N-dealkylation sites (tertiary alicyclic amines) is 1. The molecule has 0 bridgehead atoms. The summed E-state index contributed by atoms with van der Waals surface area (Å²) in [6.07, 6.45) is 3.19. The largest absolute Gasteiger partial charge is 0.288 e. The molecule has 0 saturated carbocycles. The van der Waals surface area contributed by atoms with Crippen molar-refractivity contribution in [2.45, 2.75) is 31.8 Å². The lowest BCUT2D eigenvalue weighted by molar-refractivity contribution is -0.176. The summed E-state index contributed by atoms with van der Waals surface area (Å²) in [6.45, 7) is 1.80. The molecule has 19 heavy (non-hydrogen) atoms. The van der Waals surface area contributed by atoms with Crippen LogP contribution in [-0.4, -0.2) is 42.6 Å². The van der Waals surface area contributed by atoms with Gasteiger partial charge in [-0.05, 0) is 24.9 Å². The van der Waals surface area contributed by atoms with Crippen LogP contribution in [0, 0.1) is 0 Å². The average molecular weight is 262 g/mol. The maximum absolute atomic E-state index is 12.3. The third kappa shape index (κ3) is 3.55. The molecule has 1 aliphatic heterocycles. The second-order valence-electron chi connectivity index (χ2n) is 4.99. The van der Waals surface area contributed by atoms with Crippen molar-refractivity contribution < 1.29 is 9.63 Å². The van der Waals surface area contributed by atoms with Gasteiger partial charge in [0.1, 0.15) is 0 Å². The molecule has 0 spiro atoms. The Morgan fingerprint density at radius 1 is 1.37 bits per heavy atom. The number of amides is 1. The lowest BCUT2D eigenvalue weighted by atomic mass is 10.0. The van der Waals surface area contributed by atoms with E-state index in [1.807, 2.05) is 18.2 Å². The Bertz CT molecular complexity index is 408. The maximum Gasteiger partial charge on any atom is 0.263 e. The third-order valence-corrected chi connectivity index (χ3v) is 3.71. The first-order chi connectivity index (χ1) is 9.22. The number of hydroxylamine groups is 2. The first-order valence-electron chi connectivity index (χ1n) is 6.82. The van der Waals surface area contributed by atoms with Crippen molar-refractivity contribution in [3.63, 3.8) is 0 Å². The zero-order chi connectivity index (χ0) is 13.7. The average Bonchev–Trinajstić information content (AvgIpc) is 2.47. The molecule has 1 fully saturated rings. The summed E-state index contributed by atoms with van der Waals surface area (Å²) in [4.78, 5) is 19.6. The van der Waals surface area contributed by atoms with E-state index < -0.39 is 0 Å². The molecule has 104 valence electrons. The van der Waals surface area contributed by atoms with Gasteiger partial charge in [0.25, 0.3) is 5.91 Å². The van der Waals surface area contributed by atoms with Gasteiger partial charge < -0.3 is 0 Å². The second-order valence-corrected chi connectivity index (χ2v) is 4.99. The molecule has 0 N–H and O–H groups in total. The Balaban J connectivity index is 2.06. The van der Waals surface area contributed by atoms with Gasteiger partial charge in [-0.15, -0.1) is 0 Å². The van der Waals surface area contributed by atoms with E-state index >= 15 is 0 Å². The van der Waals surface area contributed by atoms with Crippen molar-refractivity contribution in [1.82, 2.24) is 9.96 Å². The van der Waals surface area contributed by atoms with Gasteiger partial charge in [-0.1, -0.05) is 36.8 Å². The number of carbonyl (C=O) groups excluding carboxylic acids is 1. The summed E-state index contributed by atoms with van der Waals surface area (Å²) in [6, 6.07) is 10.3. The highest BCUT2D eigenvalue weighted by molar-refractivity contribution is 5.80. The van der Waals surface area contributed by atoms with Gasteiger partial charge in [0.15, 0.2) is 0 Å². The minimum absolute atomic E-state index is 0.0538. The Kier molecular flexibility index (Phi) is 4.93. The Morgan fingerprint density at radius 3 is 2.79 bits per heavy atom. The van der Waals surface area contributed by atoms with E-state index in [9.17, 15) is 4.79 Å². The van der Waals surface area contributed by atoms with Crippen LogP contribution in [0.3, 0.4) is 0 Å². The van der Waals surface area contributed by atoms with Gasteiger partial charge in [0.2, 0.25) is 0 Å². The zero-order valence-corrected chi connectivity index (χ0v) is 11.7. The molecule has 4 heteroatoms. The third-order valence-electron chi connectivity index (χ3n) is 3.71. The zero-order valence-electron chi connectivity index (χ0n) is 11.7. The number of rotatable bonds is 4. The molecule has 1 amide bonds. The van der Waals surface area contributed by atoms with Gasteiger partial charge in [-0.3, -0.25) is 14.5 Å². The summed E-state index contributed by atoms with van der Waals surface area (Å²) in [5.41, 5.74) is 1.25. The van der Waals surface area contributed by atoms with Crippen LogP contribution in [0.2, 0.25) is 0 Å². The number of hydrogen-bond donors (Lipinski definition) is 0. The minimum atomic E-state index is -0.0566. The van der Waals surface area contributed by atoms with E-state index in [0.717, 1.165) is 32.4 Å². The van der Waals surface area contributed by atoms with Crippen LogP contribution in [0.25, 0.3) is 0 Å². The van der Waals surface area contributed by atoms with E-state index in [-0.39, 0.29) is 11.9 Å². The molecule has 0 aliphatic carbocycles. The van der Waals surface area contributed by atoms with E-state index in [1.165, 1.54) is 17.7 Å². The molecule has 0 radical (unpaired) electrons. The molecule has 1 atom stereocenters. The Morgan fingerprint density at radius 2 is 2.11 bits per heavy atom. The topological polar surface area (TPSA) is 32.8 Å². The smallest absolute Gasteiger partial charge is 0.263 e. The van der Waals surface area contributed by atoms with Crippen LogP contribution in [0.15, 0.2) is 30.3 Å². The van der Waals surface area contributed by atoms with Gasteiger partial charge in [0, 0.05) is 13.6 Å². The molecule has 1 aromatic rings. The molecular formula is C15H22N2O2. The predicted octanol–water partition coefficient (Wildman–Crippen LogP) is 2.06. The number of benzene rings is 1. The molecule has 0 unspecified atom stereocenters. The van der Waals surface area contributed by atoms with Crippen LogP contribution in [0.5, 0.6) is 0 Å². The first kappa shape index (κ1) is 14.0. The van der Waals surface area contributed by atoms with Gasteiger partial charge in [0.05, 0.1) is 13.2 Å². The van der Waals surface area contributed by atoms with Crippen LogP contribution in [0.1, 0.15) is 24.8 Å². The molecule has 1 aliphatic rings. The molecule has 1 aromatic carbocycles. The second kappa shape index (κ2) is 6.68. The fraction of sp³-hybridized carbons (Fsp3) is 0.533. The molecule has 1 heterocycles. The standard InChI is InChI=1S/C15H22N2O2/c1-16(19-2)15(18)14-10-6-7-11-17(14)12-13-8-4-3-5-9-13/h3-5,8-9,14H,6-7,10-12H2,1-2H3/t14-/m0/s1. The summed E-state index contributed by atoms with van der Waals surface area (Å²) in [5.74, 6) is 0.0538. The molecule has 4 nitrogen and oxygen atoms in total. The van der Waals surface area contributed by atoms with E-state index in [1.54, 1.807) is 7.05 Å². The number of piperidine rings is 1.